The van der Waals surface area contributed by atoms with E-state index in [1.165, 1.54) is 38.4 Å². The molecule has 1 aliphatic carbocycles. The average Bonchev–Trinajstić information content (AvgIpc) is 3.49. The van der Waals surface area contributed by atoms with E-state index in [0.29, 0.717) is 16.9 Å². The van der Waals surface area contributed by atoms with Gasteiger partial charge in [-0.2, -0.15) is 0 Å². The second-order valence-corrected chi connectivity index (χ2v) is 12.3. The van der Waals surface area contributed by atoms with Crippen LogP contribution >= 0.6 is 0 Å². The van der Waals surface area contributed by atoms with E-state index in [-0.39, 0.29) is 29.4 Å². The van der Waals surface area contributed by atoms with Crippen molar-refractivity contribution >= 4 is 5.91 Å². The van der Waals surface area contributed by atoms with Gasteiger partial charge < -0.3 is 58.5 Å². The molecule has 9 atom stereocenters. The Hall–Kier alpha value is -3.95. The molecule has 13 heteroatoms. The fourth-order valence-electron chi connectivity index (χ4n) is 7.29. The molecule has 48 heavy (non-hydrogen) atoms. The average molecular weight is 668 g/mol. The third kappa shape index (κ3) is 5.17. The molecule has 6 rings (SSSR count). The molecule has 258 valence electrons. The molecule has 0 unspecified atom stereocenters. The third-order valence-corrected chi connectivity index (χ3v) is 9.50. The molecular weight excluding hydrogens is 626 g/mol. The smallest absolute Gasteiger partial charge is 0.251 e. The summed E-state index contributed by atoms with van der Waals surface area (Å²) < 4.78 is 41.3. The largest absolute Gasteiger partial charge is 0.497 e. The number of aliphatic hydroxyl groups is 4. The molecule has 2 heterocycles. The molecule has 1 saturated heterocycles. The summed E-state index contributed by atoms with van der Waals surface area (Å²) in [5, 5.41) is 45.0. The summed E-state index contributed by atoms with van der Waals surface area (Å²) in [6, 6.07) is 19.1. The van der Waals surface area contributed by atoms with Gasteiger partial charge in [-0.3, -0.25) is 4.79 Å². The first-order chi connectivity index (χ1) is 23.0. The predicted octanol–water partition coefficient (Wildman–Crippen LogP) is 1.49. The molecule has 0 spiro atoms. The fourth-order valence-corrected chi connectivity index (χ4v) is 7.29. The van der Waals surface area contributed by atoms with Crippen LogP contribution in [0.1, 0.15) is 22.6 Å². The summed E-state index contributed by atoms with van der Waals surface area (Å²) in [5.41, 5.74) is -2.68. The summed E-state index contributed by atoms with van der Waals surface area (Å²) in [6.45, 7) is -0.590. The van der Waals surface area contributed by atoms with E-state index >= 15 is 0 Å². The van der Waals surface area contributed by atoms with Gasteiger partial charge in [0, 0.05) is 39.3 Å². The summed E-state index contributed by atoms with van der Waals surface area (Å²) in [7, 11) is 7.55. The van der Waals surface area contributed by atoms with Crippen molar-refractivity contribution in [2.45, 2.75) is 48.0 Å². The number of hydrogen-bond acceptors (Lipinski definition) is 12. The fraction of sp³-hybridized carbons (Fsp3) is 0.457. The maximum atomic E-state index is 13.9. The summed E-state index contributed by atoms with van der Waals surface area (Å²) in [5.74, 6) is -1.44. The van der Waals surface area contributed by atoms with E-state index in [1.54, 1.807) is 38.4 Å². The van der Waals surface area contributed by atoms with Crippen LogP contribution in [-0.2, 0) is 30.2 Å². The van der Waals surface area contributed by atoms with Crippen molar-refractivity contribution in [3.63, 3.8) is 0 Å². The SMILES string of the molecule is COc1ccc([C@@]23Oc4cc(O[C@@H]5O[C@@H]([C@@H](O)CO)CO[C@@H]5OC)cc(OC)c4[C@]2(O)[C@H](O)[C@@H](C(=O)N(C)C)[C@@H]3c2ccccc2)cc1. The van der Waals surface area contributed by atoms with E-state index < -0.39 is 66.4 Å². The number of amides is 1. The maximum Gasteiger partial charge on any atom is 0.251 e. The van der Waals surface area contributed by atoms with Crippen LogP contribution in [0.4, 0.5) is 0 Å². The summed E-state index contributed by atoms with van der Waals surface area (Å²) >= 11 is 0. The molecule has 13 nitrogen and oxygen atoms in total. The molecule has 3 aromatic carbocycles. The van der Waals surface area contributed by atoms with Crippen molar-refractivity contribution in [1.82, 2.24) is 4.90 Å². The Bertz CT molecular complexity index is 1600. The van der Waals surface area contributed by atoms with Gasteiger partial charge in [-0.25, -0.2) is 0 Å². The molecule has 0 aromatic heterocycles. The van der Waals surface area contributed by atoms with E-state index in [9.17, 15) is 25.2 Å². The second-order valence-electron chi connectivity index (χ2n) is 12.3. The zero-order valence-electron chi connectivity index (χ0n) is 27.3. The number of hydrogen-bond donors (Lipinski definition) is 4. The van der Waals surface area contributed by atoms with Crippen LogP contribution in [0, 0.1) is 5.92 Å². The number of carbonyl (C=O) groups excluding carboxylic acids is 1. The molecular formula is C35H41NO12. The van der Waals surface area contributed by atoms with Crippen LogP contribution in [0.3, 0.4) is 0 Å². The van der Waals surface area contributed by atoms with Crippen LogP contribution in [0.15, 0.2) is 66.7 Å². The number of methoxy groups -OCH3 is 3. The third-order valence-electron chi connectivity index (χ3n) is 9.50. The van der Waals surface area contributed by atoms with Gasteiger partial charge in [-0.1, -0.05) is 42.5 Å². The summed E-state index contributed by atoms with van der Waals surface area (Å²) in [4.78, 5) is 15.3. The van der Waals surface area contributed by atoms with E-state index in [2.05, 4.69) is 0 Å². The van der Waals surface area contributed by atoms with E-state index in [4.69, 9.17) is 33.2 Å². The lowest BCUT2D eigenvalue weighted by Crippen LogP contribution is -2.52. The van der Waals surface area contributed by atoms with Crippen LogP contribution < -0.4 is 18.9 Å². The first kappa shape index (κ1) is 33.9. The molecule has 1 amide bonds. The highest BCUT2D eigenvalue weighted by Crippen LogP contribution is 2.70. The van der Waals surface area contributed by atoms with E-state index in [0.717, 1.165) is 0 Å². The monoisotopic (exact) mass is 667 g/mol. The van der Waals surface area contributed by atoms with Crippen molar-refractivity contribution in [3.8, 4) is 23.0 Å². The van der Waals surface area contributed by atoms with Crippen molar-refractivity contribution in [2.75, 3.05) is 48.6 Å². The topological polar surface area (TPSA) is 166 Å². The van der Waals surface area contributed by atoms with Crippen molar-refractivity contribution in [3.05, 3.63) is 83.4 Å². The van der Waals surface area contributed by atoms with Gasteiger partial charge >= 0.3 is 0 Å². The van der Waals surface area contributed by atoms with Crippen molar-refractivity contribution < 1.29 is 58.4 Å². The molecule has 4 N–H and O–H groups in total. The van der Waals surface area contributed by atoms with Gasteiger partial charge in [-0.05, 0) is 23.3 Å². The van der Waals surface area contributed by atoms with Gasteiger partial charge in [-0.15, -0.1) is 0 Å². The lowest BCUT2D eigenvalue weighted by Gasteiger charge is -2.41. The molecule has 3 aliphatic rings. The molecule has 2 fully saturated rings. The molecule has 2 aliphatic heterocycles. The number of nitrogens with zero attached hydrogens (tertiary/aromatic N) is 1. The van der Waals surface area contributed by atoms with Gasteiger partial charge in [0.05, 0.1) is 38.9 Å². The van der Waals surface area contributed by atoms with Gasteiger partial charge in [0.25, 0.3) is 6.29 Å². The number of benzene rings is 3. The highest BCUT2D eigenvalue weighted by Gasteiger charge is 2.78. The lowest BCUT2D eigenvalue weighted by atomic mass is 9.70. The first-order valence-corrected chi connectivity index (χ1v) is 15.5. The standard InChI is InChI=1S/C35H41NO12/c1-36(2)31(40)27-28(19-9-7-6-8-10-19)35(20-11-13-21(42-3)14-12-20)34(41,30(27)39)29-24(43-4)15-22(16-25(29)48-35)46-33-32(44-5)45-18-26(47-33)23(38)17-37/h6-16,23,26-28,30,32-33,37-39,41H,17-18H2,1-5H3/t23-,26+,27-,28-,30+,32-,33+,34-,35-/m0/s1. The normalized spacial score (nSPS) is 31.3. The predicted molar refractivity (Wildman–Crippen MR) is 169 cm³/mol. The second kappa shape index (κ2) is 13.2. The minimum Gasteiger partial charge on any atom is -0.497 e. The number of rotatable bonds is 10. The van der Waals surface area contributed by atoms with E-state index in [1.807, 2.05) is 30.3 Å². The minimum absolute atomic E-state index is 0.0419. The Morgan fingerprint density at radius 1 is 1.00 bits per heavy atom. The Morgan fingerprint density at radius 2 is 1.71 bits per heavy atom. The summed E-state index contributed by atoms with van der Waals surface area (Å²) in [6.07, 6.45) is -5.94. The van der Waals surface area contributed by atoms with Crippen LogP contribution in [0.25, 0.3) is 0 Å². The lowest BCUT2D eigenvalue weighted by molar-refractivity contribution is -0.324. The zero-order valence-corrected chi connectivity index (χ0v) is 27.3. The molecule has 1 saturated carbocycles. The first-order valence-electron chi connectivity index (χ1n) is 15.5. The Morgan fingerprint density at radius 3 is 2.31 bits per heavy atom. The molecule has 0 bridgehead atoms. The number of aliphatic hydroxyl groups excluding tert-OH is 3. The number of carbonyl (C=O) groups is 1. The van der Waals surface area contributed by atoms with Gasteiger partial charge in [0.1, 0.15) is 41.3 Å². The number of fused-ring (bicyclic) bond motifs is 3. The maximum absolute atomic E-state index is 13.9. The zero-order chi connectivity index (χ0) is 34.4. The minimum atomic E-state index is -2.21. The highest BCUT2D eigenvalue weighted by molar-refractivity contribution is 5.83. The van der Waals surface area contributed by atoms with Crippen molar-refractivity contribution in [2.24, 2.45) is 5.92 Å². The Labute approximate surface area is 278 Å². The Balaban J connectivity index is 1.53. The van der Waals surface area contributed by atoms with Crippen LogP contribution in [0.5, 0.6) is 23.0 Å². The van der Waals surface area contributed by atoms with Gasteiger partial charge in [0.15, 0.2) is 11.2 Å². The number of ether oxygens (including phenoxy) is 7. The highest BCUT2D eigenvalue weighted by atomic mass is 16.8. The van der Waals surface area contributed by atoms with Crippen LogP contribution in [0.2, 0.25) is 0 Å². The Kier molecular flexibility index (Phi) is 9.30. The quantitative estimate of drug-likeness (QED) is 0.247. The molecule has 0 radical (unpaired) electrons. The van der Waals surface area contributed by atoms with Crippen molar-refractivity contribution in [1.29, 1.82) is 0 Å². The van der Waals surface area contributed by atoms with Gasteiger partial charge in [0.2, 0.25) is 12.2 Å². The van der Waals surface area contributed by atoms with Crippen LogP contribution in [-0.4, -0.2) is 111 Å². The molecule has 3 aromatic rings.